The Morgan fingerprint density at radius 3 is 2.36 bits per heavy atom. The van der Waals surface area contributed by atoms with Crippen LogP contribution < -0.4 is 10.1 Å². The number of nitrogens with one attached hydrogen (secondary N) is 1. The molecule has 0 saturated heterocycles. The van der Waals surface area contributed by atoms with Crippen LogP contribution in [0.1, 0.15) is 46.7 Å². The Morgan fingerprint density at radius 2 is 1.71 bits per heavy atom. The molecule has 1 aromatic heterocycles. The van der Waals surface area contributed by atoms with Crippen molar-refractivity contribution < 1.29 is 9.53 Å². The van der Waals surface area contributed by atoms with Crippen LogP contribution in [-0.4, -0.2) is 21.8 Å². The second-order valence-electron chi connectivity index (χ2n) is 7.18. The highest BCUT2D eigenvalue weighted by Gasteiger charge is 2.18. The maximum atomic E-state index is 12.7. The zero-order chi connectivity index (χ0) is 20.1. The molecule has 0 aliphatic carbocycles. The van der Waals surface area contributed by atoms with Gasteiger partial charge in [-0.2, -0.15) is 5.10 Å². The summed E-state index contributed by atoms with van der Waals surface area (Å²) in [5.74, 6) is 0.732. The fourth-order valence-electron chi connectivity index (χ4n) is 3.16. The Morgan fingerprint density at radius 1 is 1.04 bits per heavy atom. The molecule has 3 aromatic rings. The summed E-state index contributed by atoms with van der Waals surface area (Å²) in [5, 5.41) is 7.56. The lowest BCUT2D eigenvalue weighted by molar-refractivity contribution is 0.0949. The number of amides is 1. The van der Waals surface area contributed by atoms with Crippen LogP contribution in [0, 0.1) is 13.8 Å². The number of ether oxygens (including phenoxy) is 1. The van der Waals surface area contributed by atoms with Gasteiger partial charge in [-0.1, -0.05) is 42.5 Å². The molecule has 0 aliphatic heterocycles. The van der Waals surface area contributed by atoms with Crippen molar-refractivity contribution in [1.82, 2.24) is 15.1 Å². The van der Waals surface area contributed by atoms with Crippen molar-refractivity contribution in [3.8, 4) is 5.75 Å². The minimum absolute atomic E-state index is 0.100. The summed E-state index contributed by atoms with van der Waals surface area (Å²) in [4.78, 5) is 12.7. The first kappa shape index (κ1) is 19.7. The quantitative estimate of drug-likeness (QED) is 0.669. The summed E-state index contributed by atoms with van der Waals surface area (Å²) in [6.45, 7) is 8.92. The monoisotopic (exact) mass is 377 g/mol. The lowest BCUT2D eigenvalue weighted by Gasteiger charge is -2.11. The van der Waals surface area contributed by atoms with E-state index in [9.17, 15) is 4.79 Å². The molecule has 0 unspecified atom stereocenters. The molecule has 5 heteroatoms. The first-order valence-corrected chi connectivity index (χ1v) is 9.55. The van der Waals surface area contributed by atoms with E-state index in [1.165, 1.54) is 0 Å². The van der Waals surface area contributed by atoms with E-state index in [1.54, 1.807) is 0 Å². The topological polar surface area (TPSA) is 56.2 Å². The Hall–Kier alpha value is -3.08. The van der Waals surface area contributed by atoms with Crippen molar-refractivity contribution in [2.24, 2.45) is 0 Å². The van der Waals surface area contributed by atoms with Crippen molar-refractivity contribution in [2.45, 2.75) is 46.9 Å². The highest BCUT2D eigenvalue weighted by atomic mass is 16.5. The first-order valence-electron chi connectivity index (χ1n) is 9.55. The normalized spacial score (nSPS) is 10.9. The summed E-state index contributed by atoms with van der Waals surface area (Å²) in [7, 11) is 0. The molecule has 1 N–H and O–H groups in total. The van der Waals surface area contributed by atoms with E-state index in [1.807, 2.05) is 74.8 Å². The Balaban J connectivity index is 1.66. The van der Waals surface area contributed by atoms with Crippen LogP contribution in [0.15, 0.2) is 54.6 Å². The van der Waals surface area contributed by atoms with Crippen LogP contribution in [0.25, 0.3) is 0 Å². The molecule has 3 rings (SSSR count). The molecule has 0 spiro atoms. The molecule has 28 heavy (non-hydrogen) atoms. The summed E-state index contributed by atoms with van der Waals surface area (Å²) in [5.41, 5.74) is 4.45. The lowest BCUT2D eigenvalue weighted by atomic mass is 10.1. The van der Waals surface area contributed by atoms with Crippen molar-refractivity contribution in [2.75, 3.05) is 0 Å². The van der Waals surface area contributed by atoms with E-state index in [0.717, 1.165) is 28.3 Å². The molecule has 0 radical (unpaired) electrons. The molecule has 5 nitrogen and oxygen atoms in total. The summed E-state index contributed by atoms with van der Waals surface area (Å²) >= 11 is 0. The van der Waals surface area contributed by atoms with Gasteiger partial charge in [0.15, 0.2) is 0 Å². The number of carbonyl (C=O) groups excluding carboxylic acids is 1. The van der Waals surface area contributed by atoms with Crippen molar-refractivity contribution in [3.63, 3.8) is 0 Å². The molecule has 0 saturated carbocycles. The van der Waals surface area contributed by atoms with Crippen molar-refractivity contribution >= 4 is 5.91 Å². The fraction of sp³-hybridized carbons (Fsp3) is 0.304. The van der Waals surface area contributed by atoms with E-state index in [0.29, 0.717) is 18.7 Å². The molecule has 0 bridgehead atoms. The van der Waals surface area contributed by atoms with E-state index >= 15 is 0 Å². The SMILES string of the molecule is Cc1nn(Cc2ccccc2)c(C)c1C(=O)NCc1ccc(OC(C)C)cc1. The average Bonchev–Trinajstić information content (AvgIpc) is 2.94. The maximum Gasteiger partial charge on any atom is 0.255 e. The molecule has 0 aliphatic rings. The van der Waals surface area contributed by atoms with E-state index < -0.39 is 0 Å². The van der Waals surface area contributed by atoms with Crippen LogP contribution in [0.2, 0.25) is 0 Å². The van der Waals surface area contributed by atoms with Crippen molar-refractivity contribution in [1.29, 1.82) is 0 Å². The number of aryl methyl sites for hydroxylation is 1. The molecule has 146 valence electrons. The van der Waals surface area contributed by atoms with Crippen LogP contribution >= 0.6 is 0 Å². The molecule has 0 fully saturated rings. The summed E-state index contributed by atoms with van der Waals surface area (Å²) < 4.78 is 7.54. The second-order valence-corrected chi connectivity index (χ2v) is 7.18. The predicted octanol–water partition coefficient (Wildman–Crippen LogP) is 4.27. The van der Waals surface area contributed by atoms with Gasteiger partial charge < -0.3 is 10.1 Å². The van der Waals surface area contributed by atoms with Crippen LogP contribution in [0.3, 0.4) is 0 Å². The van der Waals surface area contributed by atoms with E-state index in [-0.39, 0.29) is 12.0 Å². The van der Waals surface area contributed by atoms with Gasteiger partial charge in [-0.3, -0.25) is 9.48 Å². The summed E-state index contributed by atoms with van der Waals surface area (Å²) in [6.07, 6.45) is 0.143. The van der Waals surface area contributed by atoms with Crippen molar-refractivity contribution in [3.05, 3.63) is 82.7 Å². The third-order valence-electron chi connectivity index (χ3n) is 4.53. The first-order chi connectivity index (χ1) is 13.4. The average molecular weight is 377 g/mol. The van der Waals surface area contributed by atoms with Crippen LogP contribution in [0.4, 0.5) is 0 Å². The number of nitrogens with zero attached hydrogens (tertiary/aromatic N) is 2. The predicted molar refractivity (Wildman–Crippen MR) is 111 cm³/mol. The maximum absolute atomic E-state index is 12.7. The standard InChI is InChI=1S/C23H27N3O2/c1-16(2)28-21-12-10-19(11-13-21)14-24-23(27)22-17(3)25-26(18(22)4)15-20-8-6-5-7-9-20/h5-13,16H,14-15H2,1-4H3,(H,24,27). The molecular weight excluding hydrogens is 350 g/mol. The molecule has 1 amide bonds. The zero-order valence-electron chi connectivity index (χ0n) is 16.9. The van der Waals surface area contributed by atoms with Crippen LogP contribution in [-0.2, 0) is 13.1 Å². The van der Waals surface area contributed by atoms with Crippen LogP contribution in [0.5, 0.6) is 5.75 Å². The summed E-state index contributed by atoms with van der Waals surface area (Å²) in [6, 6.07) is 17.9. The minimum Gasteiger partial charge on any atom is -0.491 e. The highest BCUT2D eigenvalue weighted by molar-refractivity contribution is 5.96. The third kappa shape index (κ3) is 4.80. The van der Waals surface area contributed by atoms with E-state index in [4.69, 9.17) is 4.74 Å². The van der Waals surface area contributed by atoms with Gasteiger partial charge in [-0.25, -0.2) is 0 Å². The van der Waals surface area contributed by atoms with Gasteiger partial charge in [0.2, 0.25) is 0 Å². The number of benzene rings is 2. The number of hydrogen-bond donors (Lipinski definition) is 1. The molecule has 1 heterocycles. The zero-order valence-corrected chi connectivity index (χ0v) is 16.9. The van der Waals surface area contributed by atoms with Gasteiger partial charge in [0.25, 0.3) is 5.91 Å². The molecule has 2 aromatic carbocycles. The molecule has 0 atom stereocenters. The lowest BCUT2D eigenvalue weighted by Crippen LogP contribution is -2.24. The number of hydrogen-bond acceptors (Lipinski definition) is 3. The Bertz CT molecular complexity index is 928. The Labute approximate surface area is 166 Å². The van der Waals surface area contributed by atoms with Gasteiger partial charge in [0.05, 0.1) is 23.9 Å². The smallest absolute Gasteiger partial charge is 0.255 e. The third-order valence-corrected chi connectivity index (χ3v) is 4.53. The van der Waals surface area contributed by atoms with Gasteiger partial charge in [0.1, 0.15) is 5.75 Å². The fourth-order valence-corrected chi connectivity index (χ4v) is 3.16. The van der Waals surface area contributed by atoms with Gasteiger partial charge in [-0.05, 0) is 51.0 Å². The van der Waals surface area contributed by atoms with E-state index in [2.05, 4.69) is 22.5 Å². The van der Waals surface area contributed by atoms with Gasteiger partial charge >= 0.3 is 0 Å². The number of rotatable bonds is 7. The van der Waals surface area contributed by atoms with Gasteiger partial charge in [0, 0.05) is 12.2 Å². The second kappa shape index (κ2) is 8.74. The molecular formula is C23H27N3O2. The number of carbonyl (C=O) groups is 1. The Kier molecular flexibility index (Phi) is 6.14. The largest absolute Gasteiger partial charge is 0.491 e. The minimum atomic E-state index is -0.100. The van der Waals surface area contributed by atoms with Gasteiger partial charge in [-0.15, -0.1) is 0 Å². The highest BCUT2D eigenvalue weighted by Crippen LogP contribution is 2.16. The number of aromatic nitrogens is 2.